The molecule has 1 atom stereocenters. The van der Waals surface area contributed by atoms with Gasteiger partial charge in [0.1, 0.15) is 6.04 Å². The number of amides is 2. The van der Waals surface area contributed by atoms with Gasteiger partial charge in [0.05, 0.1) is 0 Å². The zero-order valence-corrected chi connectivity index (χ0v) is 8.88. The SMILES string of the molecule is C=CC=C(C)CCC(=O)NC1CNC1=O. The average molecular weight is 208 g/mol. The molecule has 0 aromatic carbocycles. The van der Waals surface area contributed by atoms with Crippen LogP contribution >= 0.6 is 0 Å². The maximum Gasteiger partial charge on any atom is 0.244 e. The molecule has 1 fully saturated rings. The summed E-state index contributed by atoms with van der Waals surface area (Å²) in [6, 6.07) is -0.318. The van der Waals surface area contributed by atoms with Gasteiger partial charge in [-0.1, -0.05) is 24.3 Å². The van der Waals surface area contributed by atoms with Crippen molar-refractivity contribution in [3.05, 3.63) is 24.3 Å². The van der Waals surface area contributed by atoms with Crippen LogP contribution in [0.15, 0.2) is 24.3 Å². The van der Waals surface area contributed by atoms with Crippen LogP contribution < -0.4 is 10.6 Å². The Hall–Kier alpha value is -1.58. The summed E-state index contributed by atoms with van der Waals surface area (Å²) >= 11 is 0. The molecule has 0 aliphatic carbocycles. The molecule has 4 heteroatoms. The molecule has 2 N–H and O–H groups in total. The third-order valence-corrected chi connectivity index (χ3v) is 2.28. The molecule has 1 unspecified atom stereocenters. The fraction of sp³-hybridized carbons (Fsp3) is 0.455. The second-order valence-electron chi connectivity index (χ2n) is 3.61. The zero-order chi connectivity index (χ0) is 11.3. The highest BCUT2D eigenvalue weighted by Crippen LogP contribution is 2.04. The van der Waals surface area contributed by atoms with Gasteiger partial charge >= 0.3 is 0 Å². The summed E-state index contributed by atoms with van der Waals surface area (Å²) in [6.45, 7) is 6.08. The van der Waals surface area contributed by atoms with E-state index in [4.69, 9.17) is 0 Å². The minimum absolute atomic E-state index is 0.0772. The maximum absolute atomic E-state index is 11.4. The topological polar surface area (TPSA) is 58.2 Å². The minimum atomic E-state index is -0.318. The van der Waals surface area contributed by atoms with Crippen LogP contribution in [-0.2, 0) is 9.59 Å². The van der Waals surface area contributed by atoms with E-state index in [1.807, 2.05) is 13.0 Å². The number of rotatable bonds is 5. The van der Waals surface area contributed by atoms with Crippen LogP contribution in [0, 0.1) is 0 Å². The van der Waals surface area contributed by atoms with E-state index in [2.05, 4.69) is 17.2 Å². The summed E-state index contributed by atoms with van der Waals surface area (Å²) in [5.74, 6) is -0.173. The van der Waals surface area contributed by atoms with Crippen LogP contribution in [0.5, 0.6) is 0 Å². The lowest BCUT2D eigenvalue weighted by Crippen LogP contribution is -2.61. The van der Waals surface area contributed by atoms with Crippen molar-refractivity contribution < 1.29 is 9.59 Å². The lowest BCUT2D eigenvalue weighted by molar-refractivity contribution is -0.133. The molecule has 2 amide bonds. The Morgan fingerprint density at radius 2 is 2.40 bits per heavy atom. The van der Waals surface area contributed by atoms with Crippen LogP contribution in [0.4, 0.5) is 0 Å². The Kier molecular flexibility index (Phi) is 4.09. The van der Waals surface area contributed by atoms with E-state index < -0.39 is 0 Å². The Labute approximate surface area is 89.4 Å². The fourth-order valence-corrected chi connectivity index (χ4v) is 1.27. The molecule has 0 saturated carbocycles. The van der Waals surface area contributed by atoms with Gasteiger partial charge in [-0.15, -0.1) is 0 Å². The molecule has 15 heavy (non-hydrogen) atoms. The molecule has 1 saturated heterocycles. The summed E-state index contributed by atoms with van der Waals surface area (Å²) in [5.41, 5.74) is 1.11. The van der Waals surface area contributed by atoms with Crippen LogP contribution in [0.1, 0.15) is 19.8 Å². The molecule has 4 nitrogen and oxygen atoms in total. The molecule has 0 aromatic heterocycles. The largest absolute Gasteiger partial charge is 0.352 e. The third kappa shape index (κ3) is 3.58. The molecular formula is C11H16N2O2. The molecule has 0 bridgehead atoms. The van der Waals surface area contributed by atoms with Gasteiger partial charge in [-0.3, -0.25) is 9.59 Å². The van der Waals surface area contributed by atoms with Gasteiger partial charge in [-0.2, -0.15) is 0 Å². The molecule has 0 spiro atoms. The molecular weight excluding hydrogens is 192 g/mol. The minimum Gasteiger partial charge on any atom is -0.352 e. The summed E-state index contributed by atoms with van der Waals surface area (Å²) in [6.07, 6.45) is 4.70. The Morgan fingerprint density at radius 3 is 2.87 bits per heavy atom. The van der Waals surface area contributed by atoms with Crippen molar-refractivity contribution in [3.8, 4) is 0 Å². The maximum atomic E-state index is 11.4. The predicted octanol–water partition coefficient (Wildman–Crippen LogP) is 0.513. The number of allylic oxidation sites excluding steroid dienone is 3. The normalized spacial score (nSPS) is 20.2. The molecule has 1 aliphatic heterocycles. The molecule has 1 rings (SSSR count). The van der Waals surface area contributed by atoms with Crippen molar-refractivity contribution in [3.63, 3.8) is 0 Å². The van der Waals surface area contributed by atoms with E-state index in [-0.39, 0.29) is 17.9 Å². The van der Waals surface area contributed by atoms with Gasteiger partial charge in [0.2, 0.25) is 11.8 Å². The standard InChI is InChI=1S/C11H16N2O2/c1-3-4-8(2)5-6-10(14)13-9-7-12-11(9)15/h3-4,9H,1,5-7H2,2H3,(H,12,15)(H,13,14). The summed E-state index contributed by atoms with van der Waals surface area (Å²) in [5, 5.41) is 5.23. The van der Waals surface area contributed by atoms with E-state index in [9.17, 15) is 9.59 Å². The number of hydrogen-bond donors (Lipinski definition) is 2. The number of β-lactam (4-membered cyclic amide) rings is 1. The highest BCUT2D eigenvalue weighted by atomic mass is 16.2. The van der Waals surface area contributed by atoms with Crippen molar-refractivity contribution in [2.24, 2.45) is 0 Å². The first-order valence-electron chi connectivity index (χ1n) is 4.98. The predicted molar refractivity (Wildman–Crippen MR) is 58.1 cm³/mol. The van der Waals surface area contributed by atoms with Gasteiger partial charge in [-0.05, 0) is 13.3 Å². The number of nitrogens with one attached hydrogen (secondary N) is 2. The Balaban J connectivity index is 2.21. The molecule has 82 valence electrons. The molecule has 1 heterocycles. The lowest BCUT2D eigenvalue weighted by Gasteiger charge is -2.26. The van der Waals surface area contributed by atoms with Crippen molar-refractivity contribution in [1.82, 2.24) is 10.6 Å². The van der Waals surface area contributed by atoms with Gasteiger partial charge in [0, 0.05) is 13.0 Å². The van der Waals surface area contributed by atoms with Crippen molar-refractivity contribution in [1.29, 1.82) is 0 Å². The van der Waals surface area contributed by atoms with E-state index >= 15 is 0 Å². The number of carbonyl (C=O) groups excluding carboxylic acids is 2. The Morgan fingerprint density at radius 1 is 1.67 bits per heavy atom. The first-order valence-corrected chi connectivity index (χ1v) is 4.98. The van der Waals surface area contributed by atoms with E-state index in [1.54, 1.807) is 6.08 Å². The molecule has 0 radical (unpaired) electrons. The second kappa shape index (κ2) is 5.34. The zero-order valence-electron chi connectivity index (χ0n) is 8.88. The van der Waals surface area contributed by atoms with Crippen molar-refractivity contribution in [2.75, 3.05) is 6.54 Å². The average Bonchev–Trinajstić information content (AvgIpc) is 2.21. The fourth-order valence-electron chi connectivity index (χ4n) is 1.27. The summed E-state index contributed by atoms with van der Waals surface area (Å²) in [4.78, 5) is 22.2. The number of hydrogen-bond acceptors (Lipinski definition) is 2. The van der Waals surface area contributed by atoms with E-state index in [1.165, 1.54) is 0 Å². The van der Waals surface area contributed by atoms with Crippen LogP contribution in [0.25, 0.3) is 0 Å². The number of carbonyl (C=O) groups is 2. The smallest absolute Gasteiger partial charge is 0.244 e. The first-order chi connectivity index (χ1) is 7.13. The van der Waals surface area contributed by atoms with E-state index in [0.717, 1.165) is 5.57 Å². The van der Waals surface area contributed by atoms with Crippen LogP contribution in [0.2, 0.25) is 0 Å². The van der Waals surface area contributed by atoms with Gasteiger partial charge in [0.25, 0.3) is 0 Å². The van der Waals surface area contributed by atoms with Gasteiger partial charge < -0.3 is 10.6 Å². The van der Waals surface area contributed by atoms with Crippen molar-refractivity contribution >= 4 is 11.8 Å². The summed E-state index contributed by atoms with van der Waals surface area (Å²) < 4.78 is 0. The highest BCUT2D eigenvalue weighted by molar-refractivity contribution is 5.92. The molecule has 1 aliphatic rings. The quantitative estimate of drug-likeness (QED) is 0.511. The third-order valence-electron chi connectivity index (χ3n) is 2.28. The monoisotopic (exact) mass is 208 g/mol. The second-order valence-corrected chi connectivity index (χ2v) is 3.61. The van der Waals surface area contributed by atoms with Crippen molar-refractivity contribution in [2.45, 2.75) is 25.8 Å². The van der Waals surface area contributed by atoms with Crippen LogP contribution in [-0.4, -0.2) is 24.4 Å². The first kappa shape index (κ1) is 11.5. The van der Waals surface area contributed by atoms with Gasteiger partial charge in [0.15, 0.2) is 0 Å². The Bertz CT molecular complexity index is 308. The molecule has 0 aromatic rings. The highest BCUT2D eigenvalue weighted by Gasteiger charge is 2.28. The van der Waals surface area contributed by atoms with Gasteiger partial charge in [-0.25, -0.2) is 0 Å². The summed E-state index contributed by atoms with van der Waals surface area (Å²) in [7, 11) is 0. The lowest BCUT2D eigenvalue weighted by atomic mass is 10.1. The van der Waals surface area contributed by atoms with E-state index in [0.29, 0.717) is 19.4 Å². The van der Waals surface area contributed by atoms with Crippen LogP contribution in [0.3, 0.4) is 0 Å².